The lowest BCUT2D eigenvalue weighted by molar-refractivity contribution is 0.0226. The number of fused-ring (bicyclic) bond motifs is 2. The van der Waals surface area contributed by atoms with E-state index in [4.69, 9.17) is 4.74 Å². The lowest BCUT2D eigenvalue weighted by Crippen LogP contribution is -2.39. The van der Waals surface area contributed by atoms with Crippen molar-refractivity contribution in [2.75, 3.05) is 11.9 Å². The molecule has 2 amide bonds. The van der Waals surface area contributed by atoms with E-state index in [1.165, 1.54) is 11.3 Å². The van der Waals surface area contributed by atoms with E-state index in [9.17, 15) is 14.9 Å². The lowest BCUT2D eigenvalue weighted by atomic mass is 10.0. The smallest absolute Gasteiger partial charge is 0.410 e. The number of nitrogens with one attached hydrogen (secondary N) is 1. The van der Waals surface area contributed by atoms with Gasteiger partial charge in [0.15, 0.2) is 0 Å². The molecule has 0 atom stereocenters. The molecule has 1 N–H and O–H groups in total. The molecule has 3 aromatic rings. The first-order valence-corrected chi connectivity index (χ1v) is 10.9. The third kappa shape index (κ3) is 4.25. The third-order valence-electron chi connectivity index (χ3n) is 5.08. The molecule has 0 fully saturated rings. The standard InChI is InChI=1S/C24H23N3O3S/c1-24(2,3)30-23(29)27-12-11-17-19(13-25)22(31-20(17)14-27)26-21(28)18-10-6-8-15-7-4-5-9-16(15)18/h4-10H,11-12,14H2,1-3H3,(H,26,28). The number of amides is 2. The number of nitrogens with zero attached hydrogens (tertiary/aromatic N) is 2. The second-order valence-electron chi connectivity index (χ2n) is 8.45. The second-order valence-corrected chi connectivity index (χ2v) is 9.56. The Morgan fingerprint density at radius 1 is 1.16 bits per heavy atom. The van der Waals surface area contributed by atoms with Crippen LogP contribution >= 0.6 is 11.3 Å². The maximum atomic E-state index is 13.0. The zero-order valence-corrected chi connectivity index (χ0v) is 18.5. The Morgan fingerprint density at radius 2 is 1.90 bits per heavy atom. The lowest BCUT2D eigenvalue weighted by Gasteiger charge is -2.29. The first kappa shape index (κ1) is 20.9. The van der Waals surface area contributed by atoms with Crippen molar-refractivity contribution in [2.24, 2.45) is 0 Å². The van der Waals surface area contributed by atoms with E-state index in [0.29, 0.717) is 35.6 Å². The maximum absolute atomic E-state index is 13.0. The molecule has 6 nitrogen and oxygen atoms in total. The number of anilines is 1. The first-order valence-electron chi connectivity index (χ1n) is 10.1. The molecule has 7 heteroatoms. The monoisotopic (exact) mass is 433 g/mol. The fraction of sp³-hybridized carbons (Fsp3) is 0.292. The van der Waals surface area contributed by atoms with Gasteiger partial charge >= 0.3 is 6.09 Å². The van der Waals surface area contributed by atoms with Crippen LogP contribution in [0.25, 0.3) is 10.8 Å². The number of thiophene rings is 1. The highest BCUT2D eigenvalue weighted by atomic mass is 32.1. The van der Waals surface area contributed by atoms with Crippen LogP contribution in [0, 0.1) is 11.3 Å². The number of rotatable bonds is 2. The van der Waals surface area contributed by atoms with Crippen LogP contribution in [0.15, 0.2) is 42.5 Å². The Labute approximate surface area is 185 Å². The van der Waals surface area contributed by atoms with Gasteiger partial charge in [0, 0.05) is 17.0 Å². The molecule has 158 valence electrons. The number of carbonyl (C=O) groups excluding carboxylic acids is 2. The minimum absolute atomic E-state index is 0.254. The summed E-state index contributed by atoms with van der Waals surface area (Å²) >= 11 is 1.35. The van der Waals surface area contributed by atoms with Crippen LogP contribution in [0.3, 0.4) is 0 Å². The van der Waals surface area contributed by atoms with Crippen LogP contribution < -0.4 is 5.32 Å². The molecule has 0 bridgehead atoms. The molecular weight excluding hydrogens is 410 g/mol. The molecule has 0 radical (unpaired) electrons. The minimum Gasteiger partial charge on any atom is -0.444 e. The average molecular weight is 434 g/mol. The van der Waals surface area contributed by atoms with Crippen LogP contribution in [0.1, 0.15) is 47.1 Å². The molecule has 2 heterocycles. The van der Waals surface area contributed by atoms with Gasteiger partial charge in [0.05, 0.1) is 12.1 Å². The molecular formula is C24H23N3O3S. The van der Waals surface area contributed by atoms with E-state index in [0.717, 1.165) is 21.2 Å². The Hall–Kier alpha value is -3.37. The Balaban J connectivity index is 1.59. The number of ether oxygens (including phenoxy) is 1. The van der Waals surface area contributed by atoms with Gasteiger partial charge < -0.3 is 15.0 Å². The van der Waals surface area contributed by atoms with Crippen molar-refractivity contribution in [3.63, 3.8) is 0 Å². The van der Waals surface area contributed by atoms with Gasteiger partial charge in [0.1, 0.15) is 16.7 Å². The van der Waals surface area contributed by atoms with Crippen molar-refractivity contribution < 1.29 is 14.3 Å². The summed E-state index contributed by atoms with van der Waals surface area (Å²) in [6.07, 6.45) is 0.185. The van der Waals surface area contributed by atoms with E-state index >= 15 is 0 Å². The molecule has 0 unspecified atom stereocenters. The molecule has 1 aliphatic rings. The molecule has 31 heavy (non-hydrogen) atoms. The van der Waals surface area contributed by atoms with Crippen molar-refractivity contribution in [3.05, 3.63) is 64.0 Å². The molecule has 0 spiro atoms. The van der Waals surface area contributed by atoms with Gasteiger partial charge in [-0.15, -0.1) is 11.3 Å². The van der Waals surface area contributed by atoms with Gasteiger partial charge in [-0.2, -0.15) is 5.26 Å². The molecule has 0 saturated heterocycles. The van der Waals surface area contributed by atoms with E-state index < -0.39 is 5.60 Å². The number of hydrogen-bond acceptors (Lipinski definition) is 5. The highest BCUT2D eigenvalue weighted by Gasteiger charge is 2.30. The van der Waals surface area contributed by atoms with E-state index in [1.807, 2.05) is 57.2 Å². The largest absolute Gasteiger partial charge is 0.444 e. The number of carbonyl (C=O) groups is 2. The Bertz CT molecular complexity index is 1210. The zero-order valence-electron chi connectivity index (χ0n) is 17.7. The fourth-order valence-electron chi connectivity index (χ4n) is 3.69. The van der Waals surface area contributed by atoms with Crippen LogP contribution in [0.5, 0.6) is 0 Å². The SMILES string of the molecule is CC(C)(C)OC(=O)N1CCc2c(sc(NC(=O)c3cccc4ccccc34)c2C#N)C1. The number of benzene rings is 2. The Morgan fingerprint density at radius 3 is 2.65 bits per heavy atom. The number of hydrogen-bond donors (Lipinski definition) is 1. The predicted octanol–water partition coefficient (Wildman–Crippen LogP) is 5.32. The van der Waals surface area contributed by atoms with Gasteiger partial charge in [-0.05, 0) is 49.6 Å². The highest BCUT2D eigenvalue weighted by molar-refractivity contribution is 7.16. The van der Waals surface area contributed by atoms with Crippen molar-refractivity contribution >= 4 is 39.1 Å². The van der Waals surface area contributed by atoms with Gasteiger partial charge in [-0.3, -0.25) is 4.79 Å². The van der Waals surface area contributed by atoms with Crippen LogP contribution in [0.2, 0.25) is 0 Å². The van der Waals surface area contributed by atoms with Crippen LogP contribution in [-0.4, -0.2) is 29.0 Å². The quantitative estimate of drug-likeness (QED) is 0.593. The topological polar surface area (TPSA) is 82.4 Å². The summed E-state index contributed by atoms with van der Waals surface area (Å²) in [5, 5.41) is 15.0. The highest BCUT2D eigenvalue weighted by Crippen LogP contribution is 2.37. The normalized spacial score (nSPS) is 13.4. The maximum Gasteiger partial charge on any atom is 0.410 e. The summed E-state index contributed by atoms with van der Waals surface area (Å²) < 4.78 is 5.48. The summed E-state index contributed by atoms with van der Waals surface area (Å²) in [6.45, 7) is 6.35. The zero-order chi connectivity index (χ0) is 22.2. The summed E-state index contributed by atoms with van der Waals surface area (Å²) in [5.74, 6) is -0.254. The molecule has 0 saturated carbocycles. The summed E-state index contributed by atoms with van der Waals surface area (Å²) in [4.78, 5) is 28.0. The van der Waals surface area contributed by atoms with E-state index in [2.05, 4.69) is 11.4 Å². The van der Waals surface area contributed by atoms with Crippen LogP contribution in [-0.2, 0) is 17.7 Å². The van der Waals surface area contributed by atoms with E-state index in [1.54, 1.807) is 11.0 Å². The van der Waals surface area contributed by atoms with Crippen molar-refractivity contribution in [3.8, 4) is 6.07 Å². The summed E-state index contributed by atoms with van der Waals surface area (Å²) in [6, 6.07) is 15.5. The molecule has 4 rings (SSSR count). The fourth-order valence-corrected chi connectivity index (χ4v) is 4.89. The molecule has 1 aliphatic heterocycles. The van der Waals surface area contributed by atoms with Gasteiger partial charge in [-0.25, -0.2) is 4.79 Å². The van der Waals surface area contributed by atoms with Crippen molar-refractivity contribution in [1.29, 1.82) is 5.26 Å². The Kier molecular flexibility index (Phi) is 5.42. The average Bonchev–Trinajstić information content (AvgIpc) is 3.08. The van der Waals surface area contributed by atoms with Crippen LogP contribution in [0.4, 0.5) is 9.80 Å². The first-order chi connectivity index (χ1) is 14.8. The van der Waals surface area contributed by atoms with Gasteiger partial charge in [-0.1, -0.05) is 36.4 Å². The molecule has 1 aromatic heterocycles. The van der Waals surface area contributed by atoms with E-state index in [-0.39, 0.29) is 12.0 Å². The summed E-state index contributed by atoms with van der Waals surface area (Å²) in [5.41, 5.74) is 1.38. The molecule has 0 aliphatic carbocycles. The summed E-state index contributed by atoms with van der Waals surface area (Å²) in [7, 11) is 0. The second kappa shape index (κ2) is 8.05. The third-order valence-corrected chi connectivity index (χ3v) is 6.21. The van der Waals surface area contributed by atoms with Gasteiger partial charge in [0.2, 0.25) is 0 Å². The minimum atomic E-state index is -0.567. The molecule has 2 aromatic carbocycles. The van der Waals surface area contributed by atoms with Crippen molar-refractivity contribution in [2.45, 2.75) is 39.3 Å². The predicted molar refractivity (Wildman–Crippen MR) is 121 cm³/mol. The van der Waals surface area contributed by atoms with Crippen molar-refractivity contribution in [1.82, 2.24) is 4.90 Å². The number of nitriles is 1. The van der Waals surface area contributed by atoms with Gasteiger partial charge in [0.25, 0.3) is 5.91 Å².